The lowest BCUT2D eigenvalue weighted by Gasteiger charge is -2.26. The van der Waals surface area contributed by atoms with Crippen molar-refractivity contribution in [3.8, 4) is 0 Å². The van der Waals surface area contributed by atoms with Crippen molar-refractivity contribution in [3.63, 3.8) is 0 Å². The number of nitrogens with zero attached hydrogens (tertiary/aromatic N) is 1. The van der Waals surface area contributed by atoms with Gasteiger partial charge in [0.2, 0.25) is 0 Å². The number of rotatable bonds is 8. The van der Waals surface area contributed by atoms with Gasteiger partial charge >= 0.3 is 0 Å². The summed E-state index contributed by atoms with van der Waals surface area (Å²) < 4.78 is 5.34. The molecule has 1 unspecified atom stereocenters. The lowest BCUT2D eigenvalue weighted by molar-refractivity contribution is 0.0741. The molecule has 0 aliphatic heterocycles. The van der Waals surface area contributed by atoms with Crippen molar-refractivity contribution in [2.45, 2.75) is 26.8 Å². The summed E-state index contributed by atoms with van der Waals surface area (Å²) in [5.41, 5.74) is 0.512. The molecule has 1 atom stereocenters. The number of ketones is 1. The molecule has 3 nitrogen and oxygen atoms in total. The van der Waals surface area contributed by atoms with Crippen LogP contribution < -0.4 is 0 Å². The first-order valence-corrected chi connectivity index (χ1v) is 7.57. The van der Waals surface area contributed by atoms with E-state index in [1.807, 2.05) is 20.8 Å². The van der Waals surface area contributed by atoms with Crippen molar-refractivity contribution in [3.05, 3.63) is 33.8 Å². The van der Waals surface area contributed by atoms with E-state index in [9.17, 15) is 4.79 Å². The maximum atomic E-state index is 12.5. The Balaban J connectivity index is 2.77. The zero-order chi connectivity index (χ0) is 15.1. The molecule has 20 heavy (non-hydrogen) atoms. The second-order valence-corrected chi connectivity index (χ2v) is 5.33. The Kier molecular flexibility index (Phi) is 7.52. The zero-order valence-corrected chi connectivity index (χ0v) is 13.7. The SMILES string of the molecule is CCOCCN(CC)C(C)C(=O)c1ccc(Cl)cc1Cl. The topological polar surface area (TPSA) is 29.5 Å². The van der Waals surface area contributed by atoms with Crippen LogP contribution in [-0.2, 0) is 4.74 Å². The summed E-state index contributed by atoms with van der Waals surface area (Å²) in [7, 11) is 0. The summed E-state index contributed by atoms with van der Waals surface area (Å²) in [4.78, 5) is 14.6. The molecule has 0 N–H and O–H groups in total. The van der Waals surface area contributed by atoms with Gasteiger partial charge in [-0.1, -0.05) is 30.1 Å². The summed E-state index contributed by atoms with van der Waals surface area (Å²) in [6.07, 6.45) is 0. The molecule has 0 amide bonds. The smallest absolute Gasteiger partial charge is 0.181 e. The summed E-state index contributed by atoms with van der Waals surface area (Å²) in [6.45, 7) is 8.69. The van der Waals surface area contributed by atoms with Gasteiger partial charge in [-0.25, -0.2) is 0 Å². The highest BCUT2D eigenvalue weighted by molar-refractivity contribution is 6.37. The summed E-state index contributed by atoms with van der Waals surface area (Å²) in [5, 5.41) is 0.929. The summed E-state index contributed by atoms with van der Waals surface area (Å²) in [6, 6.07) is 4.72. The maximum absolute atomic E-state index is 12.5. The molecule has 112 valence electrons. The summed E-state index contributed by atoms with van der Waals surface area (Å²) >= 11 is 11.9. The predicted octanol–water partition coefficient (Wildman–Crippen LogP) is 3.92. The van der Waals surface area contributed by atoms with Gasteiger partial charge in [-0.2, -0.15) is 0 Å². The Labute approximate surface area is 130 Å². The number of ether oxygens (including phenoxy) is 1. The van der Waals surface area contributed by atoms with Crippen LogP contribution in [0.2, 0.25) is 10.0 Å². The Morgan fingerprint density at radius 3 is 2.60 bits per heavy atom. The number of hydrogen-bond donors (Lipinski definition) is 0. The molecule has 0 spiro atoms. The average molecular weight is 318 g/mol. The second kappa shape index (κ2) is 8.63. The van der Waals surface area contributed by atoms with Crippen LogP contribution in [0.15, 0.2) is 18.2 Å². The van der Waals surface area contributed by atoms with Crippen molar-refractivity contribution < 1.29 is 9.53 Å². The number of likely N-dealkylation sites (N-methyl/N-ethyl adjacent to an activating group) is 1. The van der Waals surface area contributed by atoms with E-state index >= 15 is 0 Å². The fourth-order valence-corrected chi connectivity index (χ4v) is 2.53. The van der Waals surface area contributed by atoms with Gasteiger partial charge in [0.05, 0.1) is 17.7 Å². The van der Waals surface area contributed by atoms with Gasteiger partial charge in [-0.15, -0.1) is 0 Å². The molecule has 0 aliphatic rings. The van der Waals surface area contributed by atoms with Crippen LogP contribution in [0.5, 0.6) is 0 Å². The van der Waals surface area contributed by atoms with Crippen molar-refractivity contribution in [1.29, 1.82) is 0 Å². The van der Waals surface area contributed by atoms with Gasteiger partial charge in [0.15, 0.2) is 5.78 Å². The van der Waals surface area contributed by atoms with Crippen molar-refractivity contribution in [2.75, 3.05) is 26.3 Å². The third-order valence-corrected chi connectivity index (χ3v) is 3.80. The second-order valence-electron chi connectivity index (χ2n) is 4.49. The molecule has 5 heteroatoms. The third kappa shape index (κ3) is 4.74. The molecule has 1 aromatic carbocycles. The van der Waals surface area contributed by atoms with E-state index in [0.29, 0.717) is 28.8 Å². The lowest BCUT2D eigenvalue weighted by atomic mass is 10.0. The molecule has 0 aromatic heterocycles. The van der Waals surface area contributed by atoms with E-state index in [1.54, 1.807) is 18.2 Å². The molecule has 1 rings (SSSR count). The third-order valence-electron chi connectivity index (χ3n) is 3.26. The lowest BCUT2D eigenvalue weighted by Crippen LogP contribution is -2.41. The van der Waals surface area contributed by atoms with Crippen LogP contribution in [-0.4, -0.2) is 43.0 Å². The minimum absolute atomic E-state index is 0.00464. The van der Waals surface area contributed by atoms with Gasteiger partial charge in [-0.3, -0.25) is 9.69 Å². The van der Waals surface area contributed by atoms with E-state index in [1.165, 1.54) is 0 Å². The van der Waals surface area contributed by atoms with Gasteiger partial charge in [-0.05, 0) is 38.6 Å². The molecule has 0 saturated carbocycles. The fourth-order valence-electron chi connectivity index (χ4n) is 2.03. The van der Waals surface area contributed by atoms with E-state index < -0.39 is 0 Å². The number of Topliss-reactive ketones (excluding diaryl/α,β-unsaturated/α-hetero) is 1. The van der Waals surface area contributed by atoms with E-state index in [2.05, 4.69) is 4.90 Å². The van der Waals surface area contributed by atoms with Gasteiger partial charge in [0.25, 0.3) is 0 Å². The van der Waals surface area contributed by atoms with Crippen molar-refractivity contribution >= 4 is 29.0 Å². The highest BCUT2D eigenvalue weighted by Crippen LogP contribution is 2.23. The van der Waals surface area contributed by atoms with Crippen LogP contribution in [0.4, 0.5) is 0 Å². The van der Waals surface area contributed by atoms with Crippen LogP contribution in [0, 0.1) is 0 Å². The number of halogens is 2. The standard InChI is InChI=1S/C15H21Cl2NO2/c1-4-18(8-9-20-5-2)11(3)15(19)13-7-6-12(16)10-14(13)17/h6-7,10-11H,4-5,8-9H2,1-3H3. The maximum Gasteiger partial charge on any atom is 0.181 e. The molecule has 0 bridgehead atoms. The highest BCUT2D eigenvalue weighted by Gasteiger charge is 2.23. The molecule has 0 radical (unpaired) electrons. The zero-order valence-electron chi connectivity index (χ0n) is 12.2. The molecule has 0 aliphatic carbocycles. The highest BCUT2D eigenvalue weighted by atomic mass is 35.5. The monoisotopic (exact) mass is 317 g/mol. The van der Waals surface area contributed by atoms with Crippen LogP contribution >= 0.6 is 23.2 Å². The number of benzene rings is 1. The number of hydrogen-bond acceptors (Lipinski definition) is 3. The first kappa shape index (κ1) is 17.4. The van der Waals surface area contributed by atoms with Gasteiger partial charge in [0, 0.05) is 23.7 Å². The molecular formula is C15H21Cl2NO2. The molecule has 0 fully saturated rings. The van der Waals surface area contributed by atoms with Crippen LogP contribution in [0.1, 0.15) is 31.1 Å². The summed E-state index contributed by atoms with van der Waals surface area (Å²) in [5.74, 6) is 0.00464. The van der Waals surface area contributed by atoms with Gasteiger partial charge in [0.1, 0.15) is 0 Å². The predicted molar refractivity (Wildman–Crippen MR) is 84.0 cm³/mol. The minimum atomic E-state index is -0.237. The Morgan fingerprint density at radius 1 is 1.35 bits per heavy atom. The molecular weight excluding hydrogens is 297 g/mol. The van der Waals surface area contributed by atoms with Gasteiger partial charge < -0.3 is 4.74 Å². The Hall–Kier alpha value is -0.610. The van der Waals surface area contributed by atoms with E-state index in [4.69, 9.17) is 27.9 Å². The molecule has 0 saturated heterocycles. The number of carbonyl (C=O) groups is 1. The van der Waals surface area contributed by atoms with Crippen molar-refractivity contribution in [2.24, 2.45) is 0 Å². The van der Waals surface area contributed by atoms with Crippen molar-refractivity contribution in [1.82, 2.24) is 4.90 Å². The quantitative estimate of drug-likeness (QED) is 0.537. The average Bonchev–Trinajstić information content (AvgIpc) is 2.42. The van der Waals surface area contributed by atoms with Crippen LogP contribution in [0.25, 0.3) is 0 Å². The van der Waals surface area contributed by atoms with Crippen LogP contribution in [0.3, 0.4) is 0 Å². The number of carbonyl (C=O) groups excluding carboxylic acids is 1. The minimum Gasteiger partial charge on any atom is -0.380 e. The first-order chi connectivity index (χ1) is 9.51. The first-order valence-electron chi connectivity index (χ1n) is 6.82. The molecule has 1 aromatic rings. The van der Waals surface area contributed by atoms with E-state index in [0.717, 1.165) is 13.1 Å². The molecule has 0 heterocycles. The Morgan fingerprint density at radius 2 is 2.05 bits per heavy atom. The fraction of sp³-hybridized carbons (Fsp3) is 0.533. The largest absolute Gasteiger partial charge is 0.380 e. The van der Waals surface area contributed by atoms with E-state index in [-0.39, 0.29) is 11.8 Å². The Bertz CT molecular complexity index is 451. The normalized spacial score (nSPS) is 12.7.